The van der Waals surface area contributed by atoms with E-state index >= 15 is 0 Å². The van der Waals surface area contributed by atoms with Crippen LogP contribution in [-0.2, 0) is 6.42 Å². The molecule has 0 atom stereocenters. The van der Waals surface area contributed by atoms with Gasteiger partial charge in [-0.15, -0.1) is 0 Å². The van der Waals surface area contributed by atoms with E-state index in [1.54, 1.807) is 12.1 Å². The largest absolute Gasteiger partial charge is 0.508 e. The summed E-state index contributed by atoms with van der Waals surface area (Å²) in [6.07, 6.45) is 0.915. The summed E-state index contributed by atoms with van der Waals surface area (Å²) in [6, 6.07) is 26.3. The highest BCUT2D eigenvalue weighted by atomic mass is 16.3. The minimum absolute atomic E-state index is 0.300. The molecule has 0 fully saturated rings. The van der Waals surface area contributed by atoms with Gasteiger partial charge in [-0.1, -0.05) is 66.7 Å². The van der Waals surface area contributed by atoms with Gasteiger partial charge in [0.2, 0.25) is 0 Å². The first-order valence-corrected chi connectivity index (χ1v) is 6.74. The maximum absolute atomic E-state index is 9.41. The van der Waals surface area contributed by atoms with Crippen LogP contribution in [0.25, 0.3) is 11.1 Å². The molecule has 0 aliphatic rings. The Kier molecular flexibility index (Phi) is 3.51. The van der Waals surface area contributed by atoms with Crippen molar-refractivity contribution in [1.29, 1.82) is 0 Å². The molecule has 0 radical (unpaired) electrons. The van der Waals surface area contributed by atoms with Crippen LogP contribution in [0.4, 0.5) is 0 Å². The van der Waals surface area contributed by atoms with Crippen LogP contribution in [0.5, 0.6) is 5.75 Å². The smallest absolute Gasteiger partial charge is 0.115 e. The van der Waals surface area contributed by atoms with Crippen LogP contribution in [0.2, 0.25) is 0 Å². The van der Waals surface area contributed by atoms with Crippen molar-refractivity contribution in [3.63, 3.8) is 0 Å². The van der Waals surface area contributed by atoms with E-state index in [2.05, 4.69) is 48.5 Å². The lowest BCUT2D eigenvalue weighted by atomic mass is 9.95. The van der Waals surface area contributed by atoms with Gasteiger partial charge in [0.1, 0.15) is 5.75 Å². The minimum Gasteiger partial charge on any atom is -0.508 e. The number of hydrogen-bond donors (Lipinski definition) is 1. The molecule has 20 heavy (non-hydrogen) atoms. The van der Waals surface area contributed by atoms with Gasteiger partial charge in [-0.25, -0.2) is 0 Å². The zero-order valence-corrected chi connectivity index (χ0v) is 11.2. The van der Waals surface area contributed by atoms with Gasteiger partial charge in [0.05, 0.1) is 0 Å². The lowest BCUT2D eigenvalue weighted by molar-refractivity contribution is 0.475. The van der Waals surface area contributed by atoms with E-state index in [0.717, 1.165) is 12.0 Å². The van der Waals surface area contributed by atoms with Crippen molar-refractivity contribution in [1.82, 2.24) is 0 Å². The van der Waals surface area contributed by atoms with Gasteiger partial charge >= 0.3 is 0 Å². The Labute approximate surface area is 119 Å². The molecule has 0 saturated heterocycles. The molecule has 0 aliphatic heterocycles. The van der Waals surface area contributed by atoms with Crippen molar-refractivity contribution in [3.05, 3.63) is 90.0 Å². The zero-order valence-electron chi connectivity index (χ0n) is 11.2. The first kappa shape index (κ1) is 12.5. The third-order valence-corrected chi connectivity index (χ3v) is 3.43. The Hall–Kier alpha value is -2.54. The Morgan fingerprint density at radius 1 is 0.650 bits per heavy atom. The van der Waals surface area contributed by atoms with E-state index in [4.69, 9.17) is 0 Å². The molecular formula is C19H16O. The fraction of sp³-hybridized carbons (Fsp3) is 0.0526. The molecule has 98 valence electrons. The van der Waals surface area contributed by atoms with Crippen molar-refractivity contribution < 1.29 is 5.11 Å². The number of hydrogen-bond acceptors (Lipinski definition) is 1. The lowest BCUT2D eigenvalue weighted by Gasteiger charge is -2.10. The van der Waals surface area contributed by atoms with Crippen LogP contribution < -0.4 is 0 Å². The molecule has 0 aliphatic carbocycles. The lowest BCUT2D eigenvalue weighted by Crippen LogP contribution is -1.91. The minimum atomic E-state index is 0.300. The van der Waals surface area contributed by atoms with Gasteiger partial charge in [-0.05, 0) is 40.8 Å². The summed E-state index contributed by atoms with van der Waals surface area (Å²) >= 11 is 0. The number of phenolic OH excluding ortho intramolecular Hbond substituents is 1. The topological polar surface area (TPSA) is 20.2 Å². The van der Waals surface area contributed by atoms with Crippen LogP contribution in [-0.4, -0.2) is 5.11 Å². The van der Waals surface area contributed by atoms with Crippen molar-refractivity contribution in [2.45, 2.75) is 6.42 Å². The first-order valence-electron chi connectivity index (χ1n) is 6.74. The number of aromatic hydroxyl groups is 1. The van der Waals surface area contributed by atoms with Gasteiger partial charge in [0.25, 0.3) is 0 Å². The Morgan fingerprint density at radius 3 is 2.05 bits per heavy atom. The second-order valence-corrected chi connectivity index (χ2v) is 4.87. The summed E-state index contributed by atoms with van der Waals surface area (Å²) in [6.45, 7) is 0. The number of rotatable bonds is 3. The monoisotopic (exact) mass is 260 g/mol. The van der Waals surface area contributed by atoms with E-state index in [0.29, 0.717) is 5.75 Å². The van der Waals surface area contributed by atoms with Crippen molar-refractivity contribution >= 4 is 0 Å². The number of phenols is 1. The fourth-order valence-electron chi connectivity index (χ4n) is 2.41. The van der Waals surface area contributed by atoms with Gasteiger partial charge in [-0.2, -0.15) is 0 Å². The van der Waals surface area contributed by atoms with Crippen LogP contribution in [0.1, 0.15) is 11.1 Å². The van der Waals surface area contributed by atoms with E-state index < -0.39 is 0 Å². The molecule has 3 rings (SSSR count). The molecule has 1 heteroatoms. The maximum Gasteiger partial charge on any atom is 0.115 e. The van der Waals surface area contributed by atoms with E-state index in [1.165, 1.54) is 16.7 Å². The molecule has 3 aromatic rings. The van der Waals surface area contributed by atoms with E-state index in [9.17, 15) is 5.11 Å². The maximum atomic E-state index is 9.41. The summed E-state index contributed by atoms with van der Waals surface area (Å²) in [4.78, 5) is 0. The van der Waals surface area contributed by atoms with Crippen molar-refractivity contribution in [3.8, 4) is 16.9 Å². The molecule has 0 saturated carbocycles. The molecule has 3 aromatic carbocycles. The molecule has 1 N–H and O–H groups in total. The van der Waals surface area contributed by atoms with Crippen molar-refractivity contribution in [2.24, 2.45) is 0 Å². The average Bonchev–Trinajstić information content (AvgIpc) is 2.50. The Bertz CT molecular complexity index is 684. The predicted octanol–water partition coefficient (Wildman–Crippen LogP) is 4.65. The van der Waals surface area contributed by atoms with Gasteiger partial charge in [0.15, 0.2) is 0 Å². The van der Waals surface area contributed by atoms with Crippen LogP contribution >= 0.6 is 0 Å². The molecule has 0 spiro atoms. The Balaban J connectivity index is 1.98. The summed E-state index contributed by atoms with van der Waals surface area (Å²) in [7, 11) is 0. The zero-order chi connectivity index (χ0) is 13.8. The summed E-state index contributed by atoms with van der Waals surface area (Å²) in [5.74, 6) is 0.300. The second-order valence-electron chi connectivity index (χ2n) is 4.87. The summed E-state index contributed by atoms with van der Waals surface area (Å²) in [5, 5.41) is 9.41. The van der Waals surface area contributed by atoms with Gasteiger partial charge in [0, 0.05) is 0 Å². The molecule has 0 amide bonds. The summed E-state index contributed by atoms with van der Waals surface area (Å²) in [5.41, 5.74) is 4.95. The molecule has 0 heterocycles. The third kappa shape index (κ3) is 2.72. The molecular weight excluding hydrogens is 244 g/mol. The van der Waals surface area contributed by atoms with E-state index in [-0.39, 0.29) is 0 Å². The Morgan fingerprint density at radius 2 is 1.30 bits per heavy atom. The molecule has 0 bridgehead atoms. The SMILES string of the molecule is Oc1ccc(-c2ccccc2Cc2ccccc2)cc1. The predicted molar refractivity (Wildman–Crippen MR) is 82.8 cm³/mol. The quantitative estimate of drug-likeness (QED) is 0.726. The number of benzene rings is 3. The van der Waals surface area contributed by atoms with Crippen LogP contribution in [0, 0.1) is 0 Å². The summed E-state index contributed by atoms with van der Waals surface area (Å²) < 4.78 is 0. The van der Waals surface area contributed by atoms with Gasteiger partial charge < -0.3 is 5.11 Å². The highest BCUT2D eigenvalue weighted by Crippen LogP contribution is 2.27. The third-order valence-electron chi connectivity index (χ3n) is 3.43. The van der Waals surface area contributed by atoms with Crippen LogP contribution in [0.3, 0.4) is 0 Å². The second kappa shape index (κ2) is 5.62. The standard InChI is InChI=1S/C19H16O/c20-18-12-10-16(11-13-18)19-9-5-4-8-17(19)14-15-6-2-1-3-7-15/h1-13,20H,14H2. The fourth-order valence-corrected chi connectivity index (χ4v) is 2.41. The van der Waals surface area contributed by atoms with Crippen molar-refractivity contribution in [2.75, 3.05) is 0 Å². The van der Waals surface area contributed by atoms with Crippen LogP contribution in [0.15, 0.2) is 78.9 Å². The highest BCUT2D eigenvalue weighted by molar-refractivity contribution is 5.68. The highest BCUT2D eigenvalue weighted by Gasteiger charge is 2.05. The molecule has 0 unspecified atom stereocenters. The molecule has 0 aromatic heterocycles. The van der Waals surface area contributed by atoms with E-state index in [1.807, 2.05) is 18.2 Å². The first-order chi connectivity index (χ1) is 9.83. The molecule has 1 nitrogen and oxygen atoms in total. The normalized spacial score (nSPS) is 10.4. The average molecular weight is 260 g/mol. The van der Waals surface area contributed by atoms with Gasteiger partial charge in [-0.3, -0.25) is 0 Å².